The van der Waals surface area contributed by atoms with Gasteiger partial charge in [-0.1, -0.05) is 24.3 Å². The molecule has 9 nitrogen and oxygen atoms in total. The van der Waals surface area contributed by atoms with E-state index in [1.165, 1.54) is 38.5 Å². The molecule has 2 N–H and O–H groups in total. The van der Waals surface area contributed by atoms with Crippen molar-refractivity contribution in [2.24, 2.45) is 0 Å². The molecule has 3 rings (SSSR count). The summed E-state index contributed by atoms with van der Waals surface area (Å²) in [7, 11) is -0.763. The van der Waals surface area contributed by atoms with E-state index < -0.39 is 28.5 Å². The summed E-state index contributed by atoms with van der Waals surface area (Å²) in [6.07, 6.45) is 0. The topological polar surface area (TPSA) is 120 Å². The highest BCUT2D eigenvalue weighted by atomic mass is 32.2. The Kier molecular flexibility index (Phi) is 8.10. The van der Waals surface area contributed by atoms with Gasteiger partial charge in [0.15, 0.2) is 18.1 Å². The molecule has 0 bridgehead atoms. The Balaban J connectivity index is 1.51. The molecule has 0 aromatic heterocycles. The van der Waals surface area contributed by atoms with Crippen LogP contribution < -0.4 is 19.5 Å². The molecular formula is C24H24N2O7S. The minimum absolute atomic E-state index is 0.0134. The van der Waals surface area contributed by atoms with Gasteiger partial charge in [-0.05, 0) is 54.1 Å². The van der Waals surface area contributed by atoms with E-state index in [1.807, 2.05) is 0 Å². The molecule has 0 heterocycles. The van der Waals surface area contributed by atoms with Gasteiger partial charge in [0.05, 0.1) is 24.7 Å². The van der Waals surface area contributed by atoms with Crippen LogP contribution in [0.3, 0.4) is 0 Å². The lowest BCUT2D eigenvalue weighted by Crippen LogP contribution is -2.28. The lowest BCUT2D eigenvalue weighted by Gasteiger charge is -2.11. The second-order valence-electron chi connectivity index (χ2n) is 7.04. The number of methoxy groups -OCH3 is 2. The lowest BCUT2D eigenvalue weighted by atomic mass is 10.2. The van der Waals surface area contributed by atoms with Crippen LogP contribution in [0.4, 0.5) is 5.69 Å². The molecule has 0 aliphatic heterocycles. The van der Waals surface area contributed by atoms with Crippen molar-refractivity contribution in [1.82, 2.24) is 5.32 Å². The fraction of sp³-hybridized carbons (Fsp3) is 0.167. The molecule has 3 aromatic rings. The summed E-state index contributed by atoms with van der Waals surface area (Å²) in [5.74, 6) is -0.137. The first-order chi connectivity index (χ1) is 16.3. The summed E-state index contributed by atoms with van der Waals surface area (Å²) in [5, 5.41) is 2.65. The molecule has 0 saturated carbocycles. The molecule has 0 spiro atoms. The van der Waals surface area contributed by atoms with Gasteiger partial charge in [-0.3, -0.25) is 9.52 Å². The van der Waals surface area contributed by atoms with E-state index in [2.05, 4.69) is 10.0 Å². The van der Waals surface area contributed by atoms with Gasteiger partial charge in [-0.25, -0.2) is 13.2 Å². The van der Waals surface area contributed by atoms with Crippen LogP contribution in [-0.4, -0.2) is 41.1 Å². The van der Waals surface area contributed by atoms with Gasteiger partial charge in [0, 0.05) is 12.2 Å². The minimum atomic E-state index is -3.81. The fourth-order valence-electron chi connectivity index (χ4n) is 2.95. The molecule has 0 saturated heterocycles. The van der Waals surface area contributed by atoms with Crippen molar-refractivity contribution in [3.8, 4) is 11.5 Å². The summed E-state index contributed by atoms with van der Waals surface area (Å²) >= 11 is 0. The Hall–Kier alpha value is -4.05. The lowest BCUT2D eigenvalue weighted by molar-refractivity contribution is -0.124. The van der Waals surface area contributed by atoms with Crippen LogP contribution in [0.1, 0.15) is 15.9 Å². The van der Waals surface area contributed by atoms with E-state index in [0.29, 0.717) is 17.2 Å². The zero-order valence-corrected chi connectivity index (χ0v) is 19.4. The third-order valence-electron chi connectivity index (χ3n) is 4.70. The molecule has 34 heavy (non-hydrogen) atoms. The number of esters is 1. The highest BCUT2D eigenvalue weighted by Gasteiger charge is 2.16. The van der Waals surface area contributed by atoms with Crippen molar-refractivity contribution in [2.75, 3.05) is 25.5 Å². The number of carbonyl (C=O) groups excluding carboxylic acids is 2. The largest absolute Gasteiger partial charge is 0.493 e. The molecular weight excluding hydrogens is 460 g/mol. The van der Waals surface area contributed by atoms with Crippen molar-refractivity contribution >= 4 is 27.6 Å². The Morgan fingerprint density at radius 2 is 1.53 bits per heavy atom. The monoisotopic (exact) mass is 484 g/mol. The second-order valence-corrected chi connectivity index (χ2v) is 8.72. The number of amides is 1. The van der Waals surface area contributed by atoms with Crippen molar-refractivity contribution < 1.29 is 32.2 Å². The quantitative estimate of drug-likeness (QED) is 0.425. The second kappa shape index (κ2) is 11.2. The predicted octanol–water partition coefficient (Wildman–Crippen LogP) is 2.98. The van der Waals surface area contributed by atoms with Crippen LogP contribution in [0.2, 0.25) is 0 Å². The van der Waals surface area contributed by atoms with E-state index in [0.717, 1.165) is 5.56 Å². The number of carbonyl (C=O) groups is 2. The van der Waals surface area contributed by atoms with Crippen LogP contribution in [0.5, 0.6) is 11.5 Å². The number of rotatable bonds is 10. The van der Waals surface area contributed by atoms with Crippen LogP contribution >= 0.6 is 0 Å². The third kappa shape index (κ3) is 6.48. The van der Waals surface area contributed by atoms with Crippen molar-refractivity contribution in [3.63, 3.8) is 0 Å². The Morgan fingerprint density at radius 3 is 2.18 bits per heavy atom. The number of hydrogen-bond donors (Lipinski definition) is 2. The number of ether oxygens (including phenoxy) is 3. The van der Waals surface area contributed by atoms with Crippen LogP contribution in [-0.2, 0) is 26.1 Å². The van der Waals surface area contributed by atoms with Gasteiger partial charge < -0.3 is 19.5 Å². The standard InChI is InChI=1S/C24H24N2O7S/c1-31-21-13-8-17(14-22(21)32-2)15-25-23(27)16-33-24(28)18-9-11-20(12-10-18)34(29,30)26-19-6-4-3-5-7-19/h3-14,26H,15-16H2,1-2H3,(H,25,27). The van der Waals surface area contributed by atoms with Gasteiger partial charge in [-0.15, -0.1) is 0 Å². The number of sulfonamides is 1. The number of nitrogens with one attached hydrogen (secondary N) is 2. The highest BCUT2D eigenvalue weighted by Crippen LogP contribution is 2.27. The van der Waals surface area contributed by atoms with E-state index in [-0.39, 0.29) is 17.0 Å². The molecule has 0 radical (unpaired) electrons. The molecule has 178 valence electrons. The van der Waals surface area contributed by atoms with Gasteiger partial charge in [0.1, 0.15) is 0 Å². The Bertz CT molecular complexity index is 1240. The highest BCUT2D eigenvalue weighted by molar-refractivity contribution is 7.92. The van der Waals surface area contributed by atoms with Gasteiger partial charge in [0.2, 0.25) is 0 Å². The van der Waals surface area contributed by atoms with Crippen molar-refractivity contribution in [1.29, 1.82) is 0 Å². The maximum Gasteiger partial charge on any atom is 0.338 e. The molecule has 0 aliphatic rings. The van der Waals surface area contributed by atoms with E-state index >= 15 is 0 Å². The number of benzene rings is 3. The van der Waals surface area contributed by atoms with Gasteiger partial charge in [0.25, 0.3) is 15.9 Å². The van der Waals surface area contributed by atoms with E-state index in [9.17, 15) is 18.0 Å². The first-order valence-corrected chi connectivity index (χ1v) is 11.6. The fourth-order valence-corrected chi connectivity index (χ4v) is 4.01. The van der Waals surface area contributed by atoms with Gasteiger partial charge in [-0.2, -0.15) is 0 Å². The van der Waals surface area contributed by atoms with Crippen molar-refractivity contribution in [3.05, 3.63) is 83.9 Å². The molecule has 0 fully saturated rings. The smallest absolute Gasteiger partial charge is 0.338 e. The summed E-state index contributed by atoms with van der Waals surface area (Å²) < 4.78 is 42.8. The normalized spacial score (nSPS) is 10.8. The van der Waals surface area contributed by atoms with E-state index in [1.54, 1.807) is 48.5 Å². The van der Waals surface area contributed by atoms with Crippen molar-refractivity contribution in [2.45, 2.75) is 11.4 Å². The Labute approximate surface area is 197 Å². The zero-order valence-electron chi connectivity index (χ0n) is 18.6. The minimum Gasteiger partial charge on any atom is -0.493 e. The summed E-state index contributed by atoms with van der Waals surface area (Å²) in [6.45, 7) is -0.278. The number of anilines is 1. The van der Waals surface area contributed by atoms with Crippen LogP contribution in [0.15, 0.2) is 77.7 Å². The van der Waals surface area contributed by atoms with Gasteiger partial charge >= 0.3 is 5.97 Å². The van der Waals surface area contributed by atoms with Crippen LogP contribution in [0.25, 0.3) is 0 Å². The average Bonchev–Trinajstić information content (AvgIpc) is 2.86. The average molecular weight is 485 g/mol. The molecule has 0 unspecified atom stereocenters. The number of hydrogen-bond acceptors (Lipinski definition) is 7. The maximum atomic E-state index is 12.5. The molecule has 0 aliphatic carbocycles. The first kappa shape index (κ1) is 24.6. The van der Waals surface area contributed by atoms with Crippen LogP contribution in [0, 0.1) is 0 Å². The predicted molar refractivity (Wildman–Crippen MR) is 125 cm³/mol. The molecule has 10 heteroatoms. The first-order valence-electron chi connectivity index (χ1n) is 10.1. The maximum absolute atomic E-state index is 12.5. The molecule has 0 atom stereocenters. The summed E-state index contributed by atoms with van der Waals surface area (Å²) in [6, 6.07) is 18.9. The number of para-hydroxylation sites is 1. The Morgan fingerprint density at radius 1 is 0.853 bits per heavy atom. The molecule has 1 amide bonds. The third-order valence-corrected chi connectivity index (χ3v) is 6.10. The van der Waals surface area contributed by atoms with E-state index in [4.69, 9.17) is 14.2 Å². The SMILES string of the molecule is COc1ccc(CNC(=O)COC(=O)c2ccc(S(=O)(=O)Nc3ccccc3)cc2)cc1OC. The molecule has 3 aromatic carbocycles. The zero-order chi connectivity index (χ0) is 24.6. The summed E-state index contributed by atoms with van der Waals surface area (Å²) in [4.78, 5) is 24.3. The summed E-state index contributed by atoms with van der Waals surface area (Å²) in [5.41, 5.74) is 1.31.